The average Bonchev–Trinajstić information content (AvgIpc) is 2.93. The van der Waals surface area contributed by atoms with E-state index >= 15 is 0 Å². The first-order valence-corrected chi connectivity index (χ1v) is 9.28. The summed E-state index contributed by atoms with van der Waals surface area (Å²) < 4.78 is 10.9. The van der Waals surface area contributed by atoms with E-state index in [1.54, 1.807) is 0 Å². The number of esters is 2. The second-order valence-electron chi connectivity index (χ2n) is 7.71. The first-order chi connectivity index (χ1) is 10.9. The largest absolute Gasteiger partial charge is 0.465 e. The van der Waals surface area contributed by atoms with Gasteiger partial charge in [-0.3, -0.25) is 9.59 Å². The predicted octanol–water partition coefficient (Wildman–Crippen LogP) is 3.97. The van der Waals surface area contributed by atoms with Gasteiger partial charge < -0.3 is 9.47 Å². The van der Waals surface area contributed by atoms with E-state index in [9.17, 15) is 9.59 Å². The normalized spacial score (nSPS) is 31.1. The molecule has 2 bridgehead atoms. The molecule has 0 aromatic carbocycles. The highest BCUT2D eigenvalue weighted by molar-refractivity contribution is 5.84. The minimum absolute atomic E-state index is 0.0168. The zero-order valence-electron chi connectivity index (χ0n) is 15.1. The van der Waals surface area contributed by atoms with E-state index in [1.165, 1.54) is 0 Å². The summed E-state index contributed by atoms with van der Waals surface area (Å²) in [5.41, 5.74) is 0.0168. The number of carbonyl (C=O) groups excluding carboxylic acids is 2. The van der Waals surface area contributed by atoms with Gasteiger partial charge in [-0.25, -0.2) is 0 Å². The van der Waals surface area contributed by atoms with Gasteiger partial charge in [-0.15, -0.1) is 0 Å². The minimum atomic E-state index is -0.310. The summed E-state index contributed by atoms with van der Waals surface area (Å²) in [7, 11) is 0. The first kappa shape index (κ1) is 18.3. The van der Waals surface area contributed by atoms with Gasteiger partial charge in [0.15, 0.2) is 0 Å². The fraction of sp³-hybridized carbons (Fsp3) is 0.895. The molecule has 4 unspecified atom stereocenters. The van der Waals surface area contributed by atoms with Gasteiger partial charge in [0.1, 0.15) is 0 Å². The molecule has 0 spiro atoms. The Kier molecular flexibility index (Phi) is 6.10. The molecule has 0 radical (unpaired) electrons. The third-order valence-corrected chi connectivity index (χ3v) is 5.98. The summed E-state index contributed by atoms with van der Waals surface area (Å²) in [6.45, 7) is 9.45. The van der Waals surface area contributed by atoms with Crippen LogP contribution in [-0.4, -0.2) is 25.2 Å². The van der Waals surface area contributed by atoms with Crippen molar-refractivity contribution in [3.05, 3.63) is 0 Å². The molecule has 0 N–H and O–H groups in total. The summed E-state index contributed by atoms with van der Waals surface area (Å²) in [6, 6.07) is 0. The van der Waals surface area contributed by atoms with E-state index in [2.05, 4.69) is 27.7 Å². The van der Waals surface area contributed by atoms with Gasteiger partial charge in [0.05, 0.1) is 25.0 Å². The zero-order chi connectivity index (χ0) is 17.0. The number of hydrogen-bond acceptors (Lipinski definition) is 4. The SMILES string of the molecule is CCCCOC(=O)C1C(C(=O)OCCCC)C2CCC1C2(C)C. The Morgan fingerprint density at radius 3 is 1.61 bits per heavy atom. The Hall–Kier alpha value is -1.06. The van der Waals surface area contributed by atoms with E-state index in [-0.39, 0.29) is 41.0 Å². The van der Waals surface area contributed by atoms with Gasteiger partial charge in [-0.2, -0.15) is 0 Å². The van der Waals surface area contributed by atoms with Crippen molar-refractivity contribution in [3.8, 4) is 0 Å². The van der Waals surface area contributed by atoms with Crippen LogP contribution in [0.15, 0.2) is 0 Å². The standard InChI is InChI=1S/C19H32O4/c1-5-7-11-22-17(20)15-13-9-10-14(19(13,3)4)16(15)18(21)23-12-8-6-2/h13-16H,5-12H2,1-4H3. The van der Waals surface area contributed by atoms with Gasteiger partial charge in [0.25, 0.3) is 0 Å². The summed E-state index contributed by atoms with van der Waals surface area (Å²) in [5, 5.41) is 0. The lowest BCUT2D eigenvalue weighted by atomic mass is 9.79. The molecule has 4 heteroatoms. The number of hydrogen-bond donors (Lipinski definition) is 0. The second-order valence-corrected chi connectivity index (χ2v) is 7.71. The number of rotatable bonds is 8. The van der Waals surface area contributed by atoms with Crippen LogP contribution in [0.5, 0.6) is 0 Å². The van der Waals surface area contributed by atoms with Gasteiger partial charge in [0, 0.05) is 0 Å². The van der Waals surface area contributed by atoms with Gasteiger partial charge in [-0.1, -0.05) is 40.5 Å². The third kappa shape index (κ3) is 3.56. The lowest BCUT2D eigenvalue weighted by molar-refractivity contribution is -0.163. The number of carbonyl (C=O) groups is 2. The predicted molar refractivity (Wildman–Crippen MR) is 88.7 cm³/mol. The van der Waals surface area contributed by atoms with Gasteiger partial charge in [0.2, 0.25) is 0 Å². The van der Waals surface area contributed by atoms with Crippen LogP contribution in [0.4, 0.5) is 0 Å². The van der Waals surface area contributed by atoms with Crippen molar-refractivity contribution in [2.75, 3.05) is 13.2 Å². The molecule has 2 aliphatic rings. The van der Waals surface area contributed by atoms with Crippen molar-refractivity contribution in [2.24, 2.45) is 29.1 Å². The lowest BCUT2D eigenvalue weighted by Gasteiger charge is -2.27. The number of ether oxygens (including phenoxy) is 2. The summed E-state index contributed by atoms with van der Waals surface area (Å²) in [5.74, 6) is -0.507. The van der Waals surface area contributed by atoms with Crippen LogP contribution in [0.25, 0.3) is 0 Å². The summed E-state index contributed by atoms with van der Waals surface area (Å²) >= 11 is 0. The topological polar surface area (TPSA) is 52.6 Å². The Morgan fingerprint density at radius 2 is 1.26 bits per heavy atom. The summed E-state index contributed by atoms with van der Waals surface area (Å²) in [6.07, 6.45) is 5.78. The van der Waals surface area contributed by atoms with E-state index in [4.69, 9.17) is 9.47 Å². The van der Waals surface area contributed by atoms with Crippen molar-refractivity contribution in [2.45, 2.75) is 66.2 Å². The zero-order valence-corrected chi connectivity index (χ0v) is 15.1. The highest BCUT2D eigenvalue weighted by Gasteiger charge is 2.64. The molecule has 132 valence electrons. The molecule has 2 rings (SSSR count). The second kappa shape index (κ2) is 7.67. The molecule has 0 aliphatic heterocycles. The monoisotopic (exact) mass is 324 g/mol. The molecule has 0 aromatic heterocycles. The Balaban J connectivity index is 2.09. The first-order valence-electron chi connectivity index (χ1n) is 9.28. The van der Waals surface area contributed by atoms with Crippen molar-refractivity contribution in [1.82, 2.24) is 0 Å². The highest BCUT2D eigenvalue weighted by Crippen LogP contribution is 2.63. The molecule has 4 atom stereocenters. The molecule has 4 nitrogen and oxygen atoms in total. The van der Waals surface area contributed by atoms with E-state index < -0.39 is 0 Å². The maximum atomic E-state index is 12.6. The molecule has 0 heterocycles. The fourth-order valence-corrected chi connectivity index (χ4v) is 4.61. The van der Waals surface area contributed by atoms with Crippen molar-refractivity contribution in [1.29, 1.82) is 0 Å². The Labute approximate surface area is 140 Å². The smallest absolute Gasteiger partial charge is 0.310 e. The van der Waals surface area contributed by atoms with Crippen molar-refractivity contribution < 1.29 is 19.1 Å². The van der Waals surface area contributed by atoms with Gasteiger partial charge >= 0.3 is 11.9 Å². The highest BCUT2D eigenvalue weighted by atomic mass is 16.5. The van der Waals surface area contributed by atoms with E-state index in [0.29, 0.717) is 13.2 Å². The van der Waals surface area contributed by atoms with Crippen LogP contribution in [0, 0.1) is 29.1 Å². The van der Waals surface area contributed by atoms with Gasteiger partial charge in [-0.05, 0) is 42.9 Å². The maximum absolute atomic E-state index is 12.6. The molecular weight excluding hydrogens is 292 g/mol. The molecule has 2 saturated carbocycles. The molecule has 0 amide bonds. The average molecular weight is 324 g/mol. The van der Waals surface area contributed by atoms with Crippen LogP contribution in [0.3, 0.4) is 0 Å². The van der Waals surface area contributed by atoms with E-state index in [1.807, 2.05) is 0 Å². The van der Waals surface area contributed by atoms with Crippen LogP contribution < -0.4 is 0 Å². The third-order valence-electron chi connectivity index (χ3n) is 5.98. The quantitative estimate of drug-likeness (QED) is 0.501. The summed E-state index contributed by atoms with van der Waals surface area (Å²) in [4.78, 5) is 25.2. The van der Waals surface area contributed by atoms with E-state index in [0.717, 1.165) is 38.5 Å². The lowest BCUT2D eigenvalue weighted by Crippen LogP contribution is -2.37. The molecular formula is C19H32O4. The molecule has 0 aromatic rings. The maximum Gasteiger partial charge on any atom is 0.310 e. The number of unbranched alkanes of at least 4 members (excludes halogenated alkanes) is 2. The fourth-order valence-electron chi connectivity index (χ4n) is 4.61. The Morgan fingerprint density at radius 1 is 0.870 bits per heavy atom. The molecule has 2 fully saturated rings. The Bertz CT molecular complexity index is 391. The molecule has 23 heavy (non-hydrogen) atoms. The molecule has 2 aliphatic carbocycles. The molecule has 0 saturated heterocycles. The minimum Gasteiger partial charge on any atom is -0.465 e. The van der Waals surface area contributed by atoms with Crippen molar-refractivity contribution in [3.63, 3.8) is 0 Å². The van der Waals surface area contributed by atoms with Crippen LogP contribution in [0.1, 0.15) is 66.2 Å². The number of fused-ring (bicyclic) bond motifs is 2. The van der Waals surface area contributed by atoms with Crippen LogP contribution in [-0.2, 0) is 19.1 Å². The van der Waals surface area contributed by atoms with Crippen molar-refractivity contribution >= 4 is 11.9 Å². The van der Waals surface area contributed by atoms with Crippen LogP contribution in [0.2, 0.25) is 0 Å². The van der Waals surface area contributed by atoms with Crippen LogP contribution >= 0.6 is 0 Å².